The van der Waals surface area contributed by atoms with Gasteiger partial charge in [0.1, 0.15) is 11.8 Å². The Labute approximate surface area is 263 Å². The smallest absolute Gasteiger partial charge is 0.141 e. The molecule has 0 unspecified atom stereocenters. The van der Waals surface area contributed by atoms with Gasteiger partial charge in [-0.15, -0.1) is 0 Å². The molecular weight excluding hydrogens is 534 g/mol. The number of nitrogens with two attached hydrogens (primary N) is 1. The highest BCUT2D eigenvalue weighted by atomic mass is 14.7. The van der Waals surface area contributed by atoms with Gasteiger partial charge in [-0.2, -0.15) is 5.26 Å². The van der Waals surface area contributed by atoms with Crippen molar-refractivity contribution in [1.29, 1.82) is 5.26 Å². The van der Waals surface area contributed by atoms with Crippen LogP contribution in [-0.2, 0) is 6.42 Å². The second-order valence-corrected chi connectivity index (χ2v) is 9.27. The topological polar surface area (TPSA) is 62.7 Å². The Bertz CT molecular complexity index is 1860. The van der Waals surface area contributed by atoms with E-state index in [2.05, 4.69) is 108 Å². The van der Waals surface area contributed by atoms with Crippen LogP contribution in [0, 0.1) is 11.3 Å². The van der Waals surface area contributed by atoms with Crippen LogP contribution in [0.5, 0.6) is 0 Å². The molecule has 0 atom stereocenters. The van der Waals surface area contributed by atoms with Crippen molar-refractivity contribution in [1.82, 2.24) is 4.98 Å². The van der Waals surface area contributed by atoms with E-state index in [1.54, 1.807) is 12.3 Å². The van der Waals surface area contributed by atoms with Crippen LogP contribution in [-0.4, -0.2) is 4.98 Å². The molecule has 0 aliphatic heterocycles. The van der Waals surface area contributed by atoms with Crippen LogP contribution in [0.2, 0.25) is 0 Å². The van der Waals surface area contributed by atoms with Crippen molar-refractivity contribution in [2.24, 2.45) is 5.73 Å². The lowest BCUT2D eigenvalue weighted by Gasteiger charge is -2.18. The lowest BCUT2D eigenvalue weighted by Crippen LogP contribution is -1.97. The van der Waals surface area contributed by atoms with Crippen LogP contribution < -0.4 is 5.73 Å². The van der Waals surface area contributed by atoms with E-state index in [4.69, 9.17) is 11.0 Å². The van der Waals surface area contributed by atoms with E-state index in [1.165, 1.54) is 49.0 Å². The van der Waals surface area contributed by atoms with Gasteiger partial charge in [0.05, 0.1) is 0 Å². The van der Waals surface area contributed by atoms with E-state index in [0.717, 1.165) is 12.0 Å². The molecule has 0 amide bonds. The predicted octanol–water partition coefficient (Wildman–Crippen LogP) is 11.3. The van der Waals surface area contributed by atoms with Crippen LogP contribution in [0.1, 0.15) is 58.4 Å². The molecule has 0 aliphatic carbocycles. The SMILES string of the molecule is CC.CC.CC.N#Cc1cc(/C(N)=C/C=C\Cc2c3ccccc3c(-c3cccc4ccccc34)c3ccccc23)ccn1. The zero-order valence-electron chi connectivity index (χ0n) is 26.8. The fourth-order valence-corrected chi connectivity index (χ4v) is 5.30. The van der Waals surface area contributed by atoms with E-state index in [0.29, 0.717) is 11.4 Å². The van der Waals surface area contributed by atoms with Gasteiger partial charge in [-0.05, 0) is 73.6 Å². The predicted molar refractivity (Wildman–Crippen MR) is 192 cm³/mol. The summed E-state index contributed by atoms with van der Waals surface area (Å²) in [5.74, 6) is 0. The molecular formula is C41H43N3. The maximum absolute atomic E-state index is 9.11. The van der Waals surface area contributed by atoms with E-state index in [-0.39, 0.29) is 0 Å². The third-order valence-electron chi connectivity index (χ3n) is 7.04. The van der Waals surface area contributed by atoms with Gasteiger partial charge >= 0.3 is 0 Å². The van der Waals surface area contributed by atoms with Crippen LogP contribution in [0.4, 0.5) is 0 Å². The molecule has 0 fully saturated rings. The highest BCUT2D eigenvalue weighted by Crippen LogP contribution is 2.41. The molecule has 3 nitrogen and oxygen atoms in total. The molecule has 5 aromatic carbocycles. The number of nitrogens with zero attached hydrogens (tertiary/aromatic N) is 2. The molecule has 0 spiro atoms. The normalized spacial score (nSPS) is 10.7. The summed E-state index contributed by atoms with van der Waals surface area (Å²) >= 11 is 0. The molecule has 3 heteroatoms. The van der Waals surface area contributed by atoms with Crippen molar-refractivity contribution in [3.8, 4) is 17.2 Å². The largest absolute Gasteiger partial charge is 0.398 e. The second-order valence-electron chi connectivity index (χ2n) is 9.27. The van der Waals surface area contributed by atoms with Crippen LogP contribution in [0.3, 0.4) is 0 Å². The third kappa shape index (κ3) is 7.22. The quantitative estimate of drug-likeness (QED) is 0.164. The number of aromatic nitrogens is 1. The van der Waals surface area contributed by atoms with Gasteiger partial charge in [-0.25, -0.2) is 4.98 Å². The Morgan fingerprint density at radius 1 is 0.705 bits per heavy atom. The summed E-state index contributed by atoms with van der Waals surface area (Å²) in [5, 5.41) is 16.6. The van der Waals surface area contributed by atoms with Crippen molar-refractivity contribution in [2.75, 3.05) is 0 Å². The molecule has 6 aromatic rings. The van der Waals surface area contributed by atoms with Crippen LogP contribution in [0.25, 0.3) is 49.1 Å². The first-order valence-electron chi connectivity index (χ1n) is 15.6. The first-order chi connectivity index (χ1) is 21.7. The molecule has 0 saturated heterocycles. The van der Waals surface area contributed by atoms with E-state index in [9.17, 15) is 0 Å². The van der Waals surface area contributed by atoms with Gasteiger partial charge in [-0.3, -0.25) is 0 Å². The molecule has 222 valence electrons. The van der Waals surface area contributed by atoms with Crippen molar-refractivity contribution in [3.63, 3.8) is 0 Å². The molecule has 0 radical (unpaired) electrons. The van der Waals surface area contributed by atoms with Gasteiger partial charge in [0, 0.05) is 17.5 Å². The monoisotopic (exact) mass is 577 g/mol. The fraction of sp³-hybridized carbons (Fsp3) is 0.171. The summed E-state index contributed by atoms with van der Waals surface area (Å²) in [5.41, 5.74) is 11.8. The molecule has 1 heterocycles. The Balaban J connectivity index is 0.000000832. The van der Waals surface area contributed by atoms with E-state index < -0.39 is 0 Å². The Hall–Kier alpha value is -5.20. The summed E-state index contributed by atoms with van der Waals surface area (Å²) in [7, 11) is 0. The van der Waals surface area contributed by atoms with Gasteiger partial charge < -0.3 is 5.73 Å². The highest BCUT2D eigenvalue weighted by molar-refractivity contribution is 6.18. The van der Waals surface area contributed by atoms with E-state index >= 15 is 0 Å². The van der Waals surface area contributed by atoms with Crippen molar-refractivity contribution in [3.05, 3.63) is 144 Å². The number of rotatable bonds is 5. The minimum Gasteiger partial charge on any atom is -0.398 e. The van der Waals surface area contributed by atoms with Gasteiger partial charge in [0.2, 0.25) is 0 Å². The number of nitriles is 1. The van der Waals surface area contributed by atoms with Crippen molar-refractivity contribution >= 4 is 38.0 Å². The minimum absolute atomic E-state index is 0.354. The first-order valence-corrected chi connectivity index (χ1v) is 15.6. The molecule has 0 bridgehead atoms. The molecule has 1 aromatic heterocycles. The minimum atomic E-state index is 0.354. The van der Waals surface area contributed by atoms with Crippen molar-refractivity contribution in [2.45, 2.75) is 48.0 Å². The standard InChI is InChI=1S/C35H25N3.3C2H6/c36-23-26-22-25(20-21-38-26)34(37)19-8-7-13-28-29-14-3-5-16-32(29)35(33-17-6-4-15-30(28)33)31-18-9-11-24-10-1-2-12-27(24)31;3*1-2/h1-12,14-22H,13,37H2;3*1-2H3/b8-7-,34-19-;;;. The number of allylic oxidation sites excluding steroid dienone is 3. The Kier molecular flexibility index (Phi) is 12.9. The summed E-state index contributed by atoms with van der Waals surface area (Å²) < 4.78 is 0. The summed E-state index contributed by atoms with van der Waals surface area (Å²) in [6, 6.07) is 38.1. The third-order valence-corrected chi connectivity index (χ3v) is 7.04. The van der Waals surface area contributed by atoms with Crippen LogP contribution >= 0.6 is 0 Å². The lowest BCUT2D eigenvalue weighted by atomic mass is 9.86. The molecule has 6 rings (SSSR count). The summed E-state index contributed by atoms with van der Waals surface area (Å²) in [4.78, 5) is 4.02. The molecule has 44 heavy (non-hydrogen) atoms. The highest BCUT2D eigenvalue weighted by Gasteiger charge is 2.15. The van der Waals surface area contributed by atoms with Crippen molar-refractivity contribution < 1.29 is 0 Å². The second kappa shape index (κ2) is 17.0. The number of fused-ring (bicyclic) bond motifs is 3. The summed E-state index contributed by atoms with van der Waals surface area (Å²) in [6.07, 6.45) is 8.38. The van der Waals surface area contributed by atoms with Gasteiger partial charge in [-0.1, -0.05) is 145 Å². The van der Waals surface area contributed by atoms with Gasteiger partial charge in [0.25, 0.3) is 0 Å². The maximum Gasteiger partial charge on any atom is 0.141 e. The molecule has 0 aliphatic rings. The zero-order valence-corrected chi connectivity index (χ0v) is 26.8. The first kappa shape index (κ1) is 33.3. The van der Waals surface area contributed by atoms with Gasteiger partial charge in [0.15, 0.2) is 0 Å². The average Bonchev–Trinajstić information content (AvgIpc) is 3.12. The summed E-state index contributed by atoms with van der Waals surface area (Å²) in [6.45, 7) is 12.0. The number of hydrogen-bond donors (Lipinski definition) is 1. The Morgan fingerprint density at radius 3 is 1.86 bits per heavy atom. The Morgan fingerprint density at radius 2 is 1.25 bits per heavy atom. The zero-order chi connectivity index (χ0) is 31.9. The van der Waals surface area contributed by atoms with Crippen LogP contribution in [0.15, 0.2) is 128 Å². The maximum atomic E-state index is 9.11. The number of benzene rings is 5. The molecule has 0 saturated carbocycles. The average molecular weight is 578 g/mol. The lowest BCUT2D eigenvalue weighted by molar-refractivity contribution is 1.25. The fourth-order valence-electron chi connectivity index (χ4n) is 5.30. The molecule has 2 N–H and O–H groups in total. The van der Waals surface area contributed by atoms with E-state index in [1.807, 2.05) is 59.8 Å². The number of hydrogen-bond acceptors (Lipinski definition) is 3. The number of pyridine rings is 1.